The summed E-state index contributed by atoms with van der Waals surface area (Å²) in [5, 5.41) is 25.5. The molecule has 0 aromatic carbocycles. The number of aliphatic imine (C=N–C) groups is 1. The second kappa shape index (κ2) is 7.93. The first-order chi connectivity index (χ1) is 13.0. The fourth-order valence-electron chi connectivity index (χ4n) is 2.37. The number of nitrogen functional groups attached to an aromatic ring is 2. The number of hydrogen-bond donors (Lipinski definition) is 5. The molecule has 7 N–H and O–H groups in total. The fourth-order valence-corrected chi connectivity index (χ4v) is 2.37. The van der Waals surface area contributed by atoms with Gasteiger partial charge in [-0.15, -0.1) is 0 Å². The average Bonchev–Trinajstić information content (AvgIpc) is 3.05. The van der Waals surface area contributed by atoms with Gasteiger partial charge < -0.3 is 27.0 Å². The van der Waals surface area contributed by atoms with E-state index in [9.17, 15) is 10.2 Å². The average molecular weight is 371 g/mol. The molecule has 0 saturated heterocycles. The van der Waals surface area contributed by atoms with E-state index in [1.165, 1.54) is 6.07 Å². The minimum Gasteiger partial charge on any atom is -0.396 e. The minimum atomic E-state index is -0.604. The predicted molar refractivity (Wildman–Crippen MR) is 103 cm³/mol. The zero-order valence-electron chi connectivity index (χ0n) is 14.7. The van der Waals surface area contributed by atoms with Crippen LogP contribution in [0.15, 0.2) is 33.4 Å². The highest BCUT2D eigenvalue weighted by Gasteiger charge is 2.17. The molecule has 11 heteroatoms. The molecule has 0 radical (unpaired) electrons. The maximum absolute atomic E-state index is 9.23. The number of nitrogens with one attached hydrogen (secondary N) is 1. The van der Waals surface area contributed by atoms with Crippen LogP contribution in [0.4, 0.5) is 23.0 Å². The lowest BCUT2D eigenvalue weighted by Gasteiger charge is -2.16. The van der Waals surface area contributed by atoms with Gasteiger partial charge in [-0.2, -0.15) is 5.10 Å². The lowest BCUT2D eigenvalue weighted by molar-refractivity contribution is 0.203. The van der Waals surface area contributed by atoms with Crippen LogP contribution in [-0.2, 0) is 0 Å². The molecule has 0 bridgehead atoms. The number of rotatable bonds is 6. The number of hydrogen-bond acceptors (Lipinski definition) is 10. The van der Waals surface area contributed by atoms with Crippen LogP contribution < -0.4 is 22.3 Å². The number of aromatic nitrogens is 3. The molecule has 11 nitrogen and oxygen atoms in total. The van der Waals surface area contributed by atoms with Crippen molar-refractivity contribution in [1.82, 2.24) is 14.6 Å². The number of fused-ring (bicyclic) bond motifs is 1. The summed E-state index contributed by atoms with van der Waals surface area (Å²) in [4.78, 5) is 17.5. The van der Waals surface area contributed by atoms with Crippen molar-refractivity contribution >= 4 is 34.9 Å². The number of aliphatic hydroxyl groups excluding tert-OH is 2. The van der Waals surface area contributed by atoms with Crippen molar-refractivity contribution in [1.29, 1.82) is 0 Å². The van der Waals surface area contributed by atoms with Crippen molar-refractivity contribution in [2.24, 2.45) is 15.1 Å². The van der Waals surface area contributed by atoms with Crippen LogP contribution in [0.3, 0.4) is 0 Å². The zero-order valence-corrected chi connectivity index (χ0v) is 14.7. The van der Waals surface area contributed by atoms with Gasteiger partial charge in [0.1, 0.15) is 5.71 Å². The summed E-state index contributed by atoms with van der Waals surface area (Å²) in [5.41, 5.74) is 13.5. The van der Waals surface area contributed by atoms with E-state index in [4.69, 9.17) is 11.5 Å². The molecule has 3 heterocycles. The van der Waals surface area contributed by atoms with E-state index >= 15 is 0 Å². The Morgan fingerprint density at radius 2 is 2.00 bits per heavy atom. The lowest BCUT2D eigenvalue weighted by atomic mass is 10.3. The molecule has 1 aliphatic heterocycles. The molecule has 2 aromatic rings. The molecular weight excluding hydrogens is 350 g/mol. The third kappa shape index (κ3) is 3.93. The van der Waals surface area contributed by atoms with Gasteiger partial charge in [0.15, 0.2) is 22.9 Å². The summed E-state index contributed by atoms with van der Waals surface area (Å²) in [6, 6.07) is 2.67. The summed E-state index contributed by atoms with van der Waals surface area (Å²) >= 11 is 0. The zero-order chi connectivity index (χ0) is 19.4. The Hall–Kier alpha value is -3.31. The van der Waals surface area contributed by atoms with Crippen molar-refractivity contribution in [2.45, 2.75) is 13.0 Å². The first-order valence-electron chi connectivity index (χ1n) is 8.33. The highest BCUT2D eigenvalue weighted by atomic mass is 16.3. The van der Waals surface area contributed by atoms with E-state index in [1.54, 1.807) is 23.2 Å². The molecule has 0 spiro atoms. The summed E-state index contributed by atoms with van der Waals surface area (Å²) in [6.45, 7) is 1.97. The van der Waals surface area contributed by atoms with Gasteiger partial charge in [-0.25, -0.2) is 19.6 Å². The molecule has 0 aliphatic carbocycles. The SMILES string of the molecule is CCN=c1ccn2c(n1)C(=Nc1nc(NC(CO)CO)c(N)cc1N)C=N2. The van der Waals surface area contributed by atoms with E-state index in [0.717, 1.165) is 0 Å². The normalized spacial score (nSPS) is 15.0. The Balaban J connectivity index is 2.00. The molecule has 0 atom stereocenters. The van der Waals surface area contributed by atoms with Crippen LogP contribution >= 0.6 is 0 Å². The molecule has 27 heavy (non-hydrogen) atoms. The number of nitrogens with zero attached hydrogens (tertiary/aromatic N) is 6. The molecule has 142 valence electrons. The Morgan fingerprint density at radius 1 is 1.22 bits per heavy atom. The molecule has 2 aromatic heterocycles. The molecular formula is C16H21N9O2. The highest BCUT2D eigenvalue weighted by Crippen LogP contribution is 2.28. The van der Waals surface area contributed by atoms with Gasteiger partial charge in [-0.05, 0) is 13.0 Å². The number of aliphatic hydroxyl groups is 2. The monoisotopic (exact) mass is 371 g/mol. The molecule has 3 rings (SSSR count). The molecule has 0 fully saturated rings. The molecule has 0 unspecified atom stereocenters. The van der Waals surface area contributed by atoms with Crippen LogP contribution in [0, 0.1) is 0 Å². The Bertz CT molecular complexity index is 961. The number of pyridine rings is 1. The maximum Gasteiger partial charge on any atom is 0.183 e. The van der Waals surface area contributed by atoms with Gasteiger partial charge >= 0.3 is 0 Å². The Morgan fingerprint density at radius 3 is 2.70 bits per heavy atom. The predicted octanol–water partition coefficient (Wildman–Crippen LogP) is -0.903. The first-order valence-corrected chi connectivity index (χ1v) is 8.33. The number of anilines is 3. The van der Waals surface area contributed by atoms with Gasteiger partial charge in [0.05, 0.1) is 36.8 Å². The summed E-state index contributed by atoms with van der Waals surface area (Å²) in [7, 11) is 0. The van der Waals surface area contributed by atoms with Gasteiger partial charge in [0.25, 0.3) is 0 Å². The van der Waals surface area contributed by atoms with Crippen molar-refractivity contribution in [3.05, 3.63) is 29.6 Å². The van der Waals surface area contributed by atoms with Gasteiger partial charge in [0, 0.05) is 18.8 Å². The van der Waals surface area contributed by atoms with Gasteiger partial charge in [-0.3, -0.25) is 4.99 Å². The van der Waals surface area contributed by atoms with E-state index in [0.29, 0.717) is 23.6 Å². The summed E-state index contributed by atoms with van der Waals surface area (Å²) < 4.78 is 1.58. The van der Waals surface area contributed by atoms with E-state index in [2.05, 4.69) is 30.4 Å². The molecule has 1 aliphatic rings. The highest BCUT2D eigenvalue weighted by molar-refractivity contribution is 6.39. The van der Waals surface area contributed by atoms with E-state index in [1.807, 2.05) is 6.92 Å². The van der Waals surface area contributed by atoms with Crippen molar-refractivity contribution in [3.8, 4) is 0 Å². The van der Waals surface area contributed by atoms with Crippen LogP contribution in [0.25, 0.3) is 0 Å². The first kappa shape index (κ1) is 18.5. The quantitative estimate of drug-likeness (QED) is 0.437. The Labute approximate surface area is 154 Å². The lowest BCUT2D eigenvalue weighted by Crippen LogP contribution is -2.28. The van der Waals surface area contributed by atoms with E-state index in [-0.39, 0.29) is 36.2 Å². The van der Waals surface area contributed by atoms with E-state index < -0.39 is 6.04 Å². The third-order valence-corrected chi connectivity index (χ3v) is 3.72. The second-order valence-corrected chi connectivity index (χ2v) is 5.72. The largest absolute Gasteiger partial charge is 0.396 e. The fraction of sp³-hybridized carbons (Fsp3) is 0.312. The van der Waals surface area contributed by atoms with Crippen LogP contribution in [0.5, 0.6) is 0 Å². The van der Waals surface area contributed by atoms with Crippen molar-refractivity contribution in [2.75, 3.05) is 36.5 Å². The van der Waals surface area contributed by atoms with Gasteiger partial charge in [0.2, 0.25) is 0 Å². The topological polar surface area (TPSA) is 172 Å². The Kier molecular flexibility index (Phi) is 5.43. The molecule has 0 amide bonds. The van der Waals surface area contributed by atoms with Gasteiger partial charge in [-0.1, -0.05) is 0 Å². The minimum absolute atomic E-state index is 0.218. The maximum atomic E-state index is 9.23. The second-order valence-electron chi connectivity index (χ2n) is 5.72. The van der Waals surface area contributed by atoms with Crippen molar-refractivity contribution in [3.63, 3.8) is 0 Å². The smallest absolute Gasteiger partial charge is 0.183 e. The van der Waals surface area contributed by atoms with Crippen LogP contribution in [0.1, 0.15) is 12.7 Å². The third-order valence-electron chi connectivity index (χ3n) is 3.72. The van der Waals surface area contributed by atoms with Crippen LogP contribution in [-0.4, -0.2) is 62.6 Å². The number of nitrogens with two attached hydrogens (primary N) is 2. The van der Waals surface area contributed by atoms with Crippen molar-refractivity contribution < 1.29 is 10.2 Å². The standard InChI is InChI=1S/C16H21N9O2/c1-2-19-13-3-4-25-16(23-13)12(6-20-25)22-15-11(18)5-10(17)14(24-15)21-9(7-26)8-27/h3-6,9,26-27H,2,7-8,17-18H2,1H3,(H,21,24). The van der Waals surface area contributed by atoms with Crippen LogP contribution in [0.2, 0.25) is 0 Å². The summed E-state index contributed by atoms with van der Waals surface area (Å²) in [5.74, 6) is 0.999. The summed E-state index contributed by atoms with van der Waals surface area (Å²) in [6.07, 6.45) is 3.29. The molecule has 0 saturated carbocycles.